The summed E-state index contributed by atoms with van der Waals surface area (Å²) in [6.45, 7) is 4.85. The summed E-state index contributed by atoms with van der Waals surface area (Å²) < 4.78 is 1.04. The molecule has 4 heteroatoms. The van der Waals surface area contributed by atoms with Crippen LogP contribution >= 0.6 is 27.5 Å². The van der Waals surface area contributed by atoms with E-state index in [1.807, 2.05) is 29.2 Å². The van der Waals surface area contributed by atoms with Gasteiger partial charge in [-0.05, 0) is 47.0 Å². The van der Waals surface area contributed by atoms with Gasteiger partial charge in [0.1, 0.15) is 0 Å². The Hall–Kier alpha value is -1.58. The lowest BCUT2D eigenvalue weighted by Crippen LogP contribution is -2.37. The Morgan fingerprint density at radius 1 is 1.32 bits per heavy atom. The van der Waals surface area contributed by atoms with Crippen LogP contribution in [0.15, 0.2) is 59.6 Å². The SMILES string of the molecule is C=CC(=O)N1Cc2ccc(Br)cc2[C@H](c2cccc(Cl)c2)C1. The van der Waals surface area contributed by atoms with Crippen molar-refractivity contribution in [1.29, 1.82) is 0 Å². The van der Waals surface area contributed by atoms with Crippen LogP contribution in [0.5, 0.6) is 0 Å². The predicted molar refractivity (Wildman–Crippen MR) is 93.1 cm³/mol. The van der Waals surface area contributed by atoms with E-state index in [9.17, 15) is 4.79 Å². The monoisotopic (exact) mass is 375 g/mol. The van der Waals surface area contributed by atoms with E-state index in [2.05, 4.69) is 40.7 Å². The number of halogens is 2. The van der Waals surface area contributed by atoms with Crippen molar-refractivity contribution in [3.63, 3.8) is 0 Å². The molecule has 1 atom stereocenters. The number of benzene rings is 2. The zero-order chi connectivity index (χ0) is 15.7. The molecule has 2 aromatic carbocycles. The summed E-state index contributed by atoms with van der Waals surface area (Å²) in [4.78, 5) is 13.9. The molecule has 3 rings (SSSR count). The Morgan fingerprint density at radius 3 is 2.86 bits per heavy atom. The van der Waals surface area contributed by atoms with Gasteiger partial charge in [-0.1, -0.05) is 52.3 Å². The number of nitrogens with zero attached hydrogens (tertiary/aromatic N) is 1. The van der Waals surface area contributed by atoms with Gasteiger partial charge in [0.25, 0.3) is 0 Å². The van der Waals surface area contributed by atoms with Crippen molar-refractivity contribution >= 4 is 33.4 Å². The van der Waals surface area contributed by atoms with Gasteiger partial charge in [0.05, 0.1) is 0 Å². The number of hydrogen-bond acceptors (Lipinski definition) is 1. The van der Waals surface area contributed by atoms with Gasteiger partial charge in [-0.3, -0.25) is 4.79 Å². The Morgan fingerprint density at radius 2 is 2.14 bits per heavy atom. The van der Waals surface area contributed by atoms with Gasteiger partial charge in [-0.15, -0.1) is 0 Å². The maximum Gasteiger partial charge on any atom is 0.246 e. The Bertz CT molecular complexity index is 744. The molecule has 2 aromatic rings. The third-order valence-electron chi connectivity index (χ3n) is 3.98. The van der Waals surface area contributed by atoms with Crippen molar-refractivity contribution in [2.45, 2.75) is 12.5 Å². The molecule has 22 heavy (non-hydrogen) atoms. The van der Waals surface area contributed by atoms with Crippen molar-refractivity contribution in [2.24, 2.45) is 0 Å². The van der Waals surface area contributed by atoms with Gasteiger partial charge >= 0.3 is 0 Å². The first-order valence-corrected chi connectivity index (χ1v) is 8.20. The minimum Gasteiger partial charge on any atom is -0.334 e. The van der Waals surface area contributed by atoms with Gasteiger partial charge in [-0.2, -0.15) is 0 Å². The summed E-state index contributed by atoms with van der Waals surface area (Å²) in [5.41, 5.74) is 3.52. The largest absolute Gasteiger partial charge is 0.334 e. The van der Waals surface area contributed by atoms with Crippen LogP contribution in [0.4, 0.5) is 0 Å². The zero-order valence-electron chi connectivity index (χ0n) is 11.9. The van der Waals surface area contributed by atoms with Crippen molar-refractivity contribution in [1.82, 2.24) is 4.90 Å². The Kier molecular flexibility index (Phi) is 4.37. The van der Waals surface area contributed by atoms with Gasteiger partial charge in [0, 0.05) is 28.5 Å². The van der Waals surface area contributed by atoms with Crippen molar-refractivity contribution in [3.8, 4) is 0 Å². The second kappa shape index (κ2) is 6.27. The highest BCUT2D eigenvalue weighted by atomic mass is 79.9. The first-order chi connectivity index (χ1) is 10.6. The van der Waals surface area contributed by atoms with Gasteiger partial charge in [-0.25, -0.2) is 0 Å². The highest BCUT2D eigenvalue weighted by molar-refractivity contribution is 9.10. The molecule has 0 fully saturated rings. The standard InChI is InChI=1S/C18H15BrClNO/c1-2-18(22)21-10-13-6-7-14(19)9-16(13)17(11-21)12-4-3-5-15(20)8-12/h2-9,17H,1,10-11H2/t17-/m0/s1. The lowest BCUT2D eigenvalue weighted by Gasteiger charge is -2.34. The summed E-state index contributed by atoms with van der Waals surface area (Å²) in [6, 6.07) is 14.1. The molecule has 0 aromatic heterocycles. The third-order valence-corrected chi connectivity index (χ3v) is 4.71. The normalized spacial score (nSPS) is 17.0. The first kappa shape index (κ1) is 15.3. The number of carbonyl (C=O) groups is 1. The molecule has 1 heterocycles. The predicted octanol–water partition coefficient (Wildman–Crippen LogP) is 4.76. The van der Waals surface area contributed by atoms with E-state index >= 15 is 0 Å². The summed E-state index contributed by atoms with van der Waals surface area (Å²) in [7, 11) is 0. The number of carbonyl (C=O) groups excluding carboxylic acids is 1. The summed E-state index contributed by atoms with van der Waals surface area (Å²) in [5, 5.41) is 0.709. The van der Waals surface area contributed by atoms with Crippen molar-refractivity contribution < 1.29 is 4.79 Å². The molecule has 1 aliphatic rings. The van der Waals surface area contributed by atoms with Crippen LogP contribution in [0.1, 0.15) is 22.6 Å². The fraction of sp³-hybridized carbons (Fsp3) is 0.167. The maximum atomic E-state index is 12.1. The highest BCUT2D eigenvalue weighted by Crippen LogP contribution is 2.36. The molecule has 0 saturated heterocycles. The Balaban J connectivity index is 2.09. The zero-order valence-corrected chi connectivity index (χ0v) is 14.3. The van der Waals surface area contributed by atoms with Crippen molar-refractivity contribution in [3.05, 3.63) is 81.3 Å². The molecule has 0 radical (unpaired) electrons. The second-order valence-corrected chi connectivity index (χ2v) is 6.73. The van der Waals surface area contributed by atoms with Crippen LogP contribution in [0.3, 0.4) is 0 Å². The maximum absolute atomic E-state index is 12.1. The fourth-order valence-corrected chi connectivity index (χ4v) is 3.51. The molecule has 1 amide bonds. The molecule has 0 bridgehead atoms. The molecule has 2 nitrogen and oxygen atoms in total. The second-order valence-electron chi connectivity index (χ2n) is 5.37. The van der Waals surface area contributed by atoms with Gasteiger partial charge in [0.15, 0.2) is 0 Å². The molecule has 0 saturated carbocycles. The van der Waals surface area contributed by atoms with Crippen LogP contribution in [-0.2, 0) is 11.3 Å². The van der Waals surface area contributed by atoms with E-state index in [-0.39, 0.29) is 11.8 Å². The average Bonchev–Trinajstić information content (AvgIpc) is 2.53. The van der Waals surface area contributed by atoms with Crippen molar-refractivity contribution in [2.75, 3.05) is 6.54 Å². The number of hydrogen-bond donors (Lipinski definition) is 0. The molecule has 0 unspecified atom stereocenters. The molecule has 0 aliphatic carbocycles. The van der Waals surface area contributed by atoms with Gasteiger partial charge < -0.3 is 4.90 Å². The van der Waals surface area contributed by atoms with Crippen LogP contribution in [0.2, 0.25) is 5.02 Å². The van der Waals surface area contributed by atoms with E-state index in [1.54, 1.807) is 0 Å². The molecule has 0 spiro atoms. The first-order valence-electron chi connectivity index (χ1n) is 7.03. The molecular weight excluding hydrogens is 362 g/mol. The highest BCUT2D eigenvalue weighted by Gasteiger charge is 2.28. The van der Waals surface area contributed by atoms with Crippen LogP contribution in [-0.4, -0.2) is 17.4 Å². The Labute approximate surface area is 143 Å². The molecule has 1 aliphatic heterocycles. The third kappa shape index (κ3) is 2.96. The minimum atomic E-state index is -0.0411. The number of fused-ring (bicyclic) bond motifs is 1. The van der Waals surface area contributed by atoms with E-state index in [1.165, 1.54) is 11.6 Å². The molecular formula is C18H15BrClNO. The quantitative estimate of drug-likeness (QED) is 0.692. The lowest BCUT2D eigenvalue weighted by atomic mass is 9.84. The van der Waals surface area contributed by atoms with E-state index < -0.39 is 0 Å². The summed E-state index contributed by atoms with van der Waals surface area (Å²) >= 11 is 9.68. The topological polar surface area (TPSA) is 20.3 Å². The van der Waals surface area contributed by atoms with E-state index in [0.717, 1.165) is 15.6 Å². The van der Waals surface area contributed by atoms with Crippen LogP contribution in [0, 0.1) is 0 Å². The number of amides is 1. The number of rotatable bonds is 2. The summed E-state index contributed by atoms with van der Waals surface area (Å²) in [5.74, 6) is 0.0736. The molecule has 0 N–H and O–H groups in total. The van der Waals surface area contributed by atoms with Crippen LogP contribution < -0.4 is 0 Å². The molecule has 112 valence electrons. The van der Waals surface area contributed by atoms with Crippen LogP contribution in [0.25, 0.3) is 0 Å². The van der Waals surface area contributed by atoms with Gasteiger partial charge in [0.2, 0.25) is 5.91 Å². The minimum absolute atomic E-state index is 0.0411. The summed E-state index contributed by atoms with van der Waals surface area (Å²) in [6.07, 6.45) is 1.37. The van der Waals surface area contributed by atoms with E-state index in [0.29, 0.717) is 18.1 Å². The van der Waals surface area contributed by atoms with E-state index in [4.69, 9.17) is 11.6 Å². The fourth-order valence-electron chi connectivity index (χ4n) is 2.93. The average molecular weight is 377 g/mol. The smallest absolute Gasteiger partial charge is 0.246 e. The lowest BCUT2D eigenvalue weighted by molar-refractivity contribution is -0.127.